The molecular weight excluding hydrogens is 280 g/mol. The highest BCUT2D eigenvalue weighted by atomic mass is 35.5. The van der Waals surface area contributed by atoms with Crippen LogP contribution in [0, 0.1) is 13.8 Å². The molecule has 0 bridgehead atoms. The molecule has 2 nitrogen and oxygen atoms in total. The molecule has 1 aromatic carbocycles. The van der Waals surface area contributed by atoms with Gasteiger partial charge in [0.2, 0.25) is 0 Å². The van der Waals surface area contributed by atoms with Gasteiger partial charge in [-0.2, -0.15) is 0 Å². The van der Waals surface area contributed by atoms with Crippen LogP contribution in [0.15, 0.2) is 24.3 Å². The monoisotopic (exact) mass is 296 g/mol. The fourth-order valence-corrected chi connectivity index (χ4v) is 3.20. The van der Waals surface area contributed by atoms with Crippen LogP contribution >= 0.6 is 22.9 Å². The fourth-order valence-electron chi connectivity index (χ4n) is 1.98. The van der Waals surface area contributed by atoms with Crippen LogP contribution in [0.2, 0.25) is 5.02 Å². The standard InChI is InChI=1S/C15H17ClO2S/c1-9-6-15(19-10(9)2)13(17)8-11-7-12(16)4-5-14(11)18-3/h4-7,13,17H,8H2,1-3H3. The van der Waals surface area contributed by atoms with Gasteiger partial charge in [-0.3, -0.25) is 0 Å². The van der Waals surface area contributed by atoms with Gasteiger partial charge in [-0.15, -0.1) is 11.3 Å². The van der Waals surface area contributed by atoms with Crippen molar-refractivity contribution in [1.82, 2.24) is 0 Å². The molecule has 19 heavy (non-hydrogen) atoms. The predicted octanol–water partition coefficient (Wildman–Crippen LogP) is 4.30. The van der Waals surface area contributed by atoms with E-state index in [0.29, 0.717) is 11.4 Å². The van der Waals surface area contributed by atoms with Crippen LogP contribution in [0.1, 0.15) is 27.0 Å². The summed E-state index contributed by atoms with van der Waals surface area (Å²) in [7, 11) is 1.62. The lowest BCUT2D eigenvalue weighted by atomic mass is 10.1. The average Bonchev–Trinajstić information content (AvgIpc) is 2.70. The van der Waals surface area contributed by atoms with Crippen molar-refractivity contribution in [3.63, 3.8) is 0 Å². The number of aryl methyl sites for hydroxylation is 2. The van der Waals surface area contributed by atoms with Crippen molar-refractivity contribution in [3.8, 4) is 5.75 Å². The number of rotatable bonds is 4. The van der Waals surface area contributed by atoms with Crippen LogP contribution in [0.25, 0.3) is 0 Å². The molecule has 1 N–H and O–H groups in total. The van der Waals surface area contributed by atoms with E-state index in [0.717, 1.165) is 16.2 Å². The second-order valence-electron chi connectivity index (χ2n) is 4.56. The number of benzene rings is 1. The van der Waals surface area contributed by atoms with E-state index in [4.69, 9.17) is 16.3 Å². The number of methoxy groups -OCH3 is 1. The van der Waals surface area contributed by atoms with Gasteiger partial charge in [0.25, 0.3) is 0 Å². The second kappa shape index (κ2) is 5.95. The molecule has 1 heterocycles. The van der Waals surface area contributed by atoms with Crippen LogP contribution in [-0.2, 0) is 6.42 Å². The minimum absolute atomic E-state index is 0.503. The number of hydrogen-bond donors (Lipinski definition) is 1. The summed E-state index contributed by atoms with van der Waals surface area (Å²) in [5, 5.41) is 11.0. The van der Waals surface area contributed by atoms with E-state index in [1.54, 1.807) is 24.5 Å². The number of ether oxygens (including phenoxy) is 1. The molecule has 4 heteroatoms. The normalized spacial score (nSPS) is 12.5. The Hall–Kier alpha value is -1.03. The van der Waals surface area contributed by atoms with Gasteiger partial charge in [-0.1, -0.05) is 11.6 Å². The van der Waals surface area contributed by atoms with Gasteiger partial charge >= 0.3 is 0 Å². The molecule has 2 rings (SSSR count). The van der Waals surface area contributed by atoms with Crippen LogP contribution in [-0.4, -0.2) is 12.2 Å². The highest BCUT2D eigenvalue weighted by Gasteiger charge is 2.15. The summed E-state index contributed by atoms with van der Waals surface area (Å²) < 4.78 is 5.30. The third-order valence-electron chi connectivity index (χ3n) is 3.17. The summed E-state index contributed by atoms with van der Waals surface area (Å²) in [6, 6.07) is 7.50. The molecule has 102 valence electrons. The first kappa shape index (κ1) is 14.4. The molecule has 0 spiro atoms. The first-order valence-electron chi connectivity index (χ1n) is 6.08. The van der Waals surface area contributed by atoms with E-state index >= 15 is 0 Å². The van der Waals surface area contributed by atoms with E-state index in [2.05, 4.69) is 13.8 Å². The fraction of sp³-hybridized carbons (Fsp3) is 0.333. The van der Waals surface area contributed by atoms with E-state index < -0.39 is 6.10 Å². The Labute approximate surface area is 122 Å². The Bertz CT molecular complexity index is 558. The zero-order chi connectivity index (χ0) is 14.0. The highest BCUT2D eigenvalue weighted by molar-refractivity contribution is 7.12. The van der Waals surface area contributed by atoms with Gasteiger partial charge in [-0.25, -0.2) is 0 Å². The van der Waals surface area contributed by atoms with Gasteiger partial charge in [0, 0.05) is 21.2 Å². The Morgan fingerprint density at radius 1 is 1.32 bits per heavy atom. The molecule has 0 radical (unpaired) electrons. The van der Waals surface area contributed by atoms with E-state index in [-0.39, 0.29) is 0 Å². The Morgan fingerprint density at radius 2 is 2.05 bits per heavy atom. The van der Waals surface area contributed by atoms with E-state index in [1.807, 2.05) is 18.2 Å². The lowest BCUT2D eigenvalue weighted by molar-refractivity contribution is 0.181. The van der Waals surface area contributed by atoms with Crippen molar-refractivity contribution in [2.24, 2.45) is 0 Å². The van der Waals surface area contributed by atoms with Crippen LogP contribution in [0.5, 0.6) is 5.75 Å². The minimum atomic E-state index is -0.523. The van der Waals surface area contributed by atoms with Crippen molar-refractivity contribution in [2.45, 2.75) is 26.4 Å². The average molecular weight is 297 g/mol. The molecule has 0 fully saturated rings. The molecule has 0 saturated carbocycles. The first-order valence-corrected chi connectivity index (χ1v) is 7.28. The van der Waals surface area contributed by atoms with Crippen molar-refractivity contribution in [1.29, 1.82) is 0 Å². The third kappa shape index (κ3) is 3.30. The molecular formula is C15H17ClO2S. The van der Waals surface area contributed by atoms with Gasteiger partial charge in [-0.05, 0) is 49.2 Å². The molecule has 0 saturated heterocycles. The number of aliphatic hydroxyl groups excluding tert-OH is 1. The van der Waals surface area contributed by atoms with Gasteiger partial charge in [0.1, 0.15) is 5.75 Å². The summed E-state index contributed by atoms with van der Waals surface area (Å²) in [6.07, 6.45) is -0.0203. The molecule has 0 aliphatic rings. The van der Waals surface area contributed by atoms with Crippen LogP contribution < -0.4 is 4.74 Å². The third-order valence-corrected chi connectivity index (χ3v) is 4.66. The van der Waals surface area contributed by atoms with Gasteiger partial charge in [0.05, 0.1) is 13.2 Å². The van der Waals surface area contributed by atoms with Crippen LogP contribution in [0.3, 0.4) is 0 Å². The maximum Gasteiger partial charge on any atom is 0.122 e. The topological polar surface area (TPSA) is 29.5 Å². The smallest absolute Gasteiger partial charge is 0.122 e. The van der Waals surface area contributed by atoms with Crippen molar-refractivity contribution < 1.29 is 9.84 Å². The maximum atomic E-state index is 10.3. The molecule has 2 aromatic rings. The molecule has 1 atom stereocenters. The largest absolute Gasteiger partial charge is 0.496 e. The minimum Gasteiger partial charge on any atom is -0.496 e. The Balaban J connectivity index is 2.23. The summed E-state index contributed by atoms with van der Waals surface area (Å²) in [6.45, 7) is 4.12. The maximum absolute atomic E-state index is 10.3. The number of aliphatic hydroxyl groups is 1. The van der Waals surface area contributed by atoms with Gasteiger partial charge in [0.15, 0.2) is 0 Å². The number of hydrogen-bond acceptors (Lipinski definition) is 3. The quantitative estimate of drug-likeness (QED) is 0.911. The summed E-state index contributed by atoms with van der Waals surface area (Å²) in [5.74, 6) is 0.758. The second-order valence-corrected chi connectivity index (χ2v) is 6.29. The van der Waals surface area contributed by atoms with E-state index in [1.165, 1.54) is 10.4 Å². The summed E-state index contributed by atoms with van der Waals surface area (Å²) >= 11 is 7.63. The molecule has 0 amide bonds. The van der Waals surface area contributed by atoms with Gasteiger partial charge < -0.3 is 9.84 Å². The number of thiophene rings is 1. The molecule has 1 unspecified atom stereocenters. The lowest BCUT2D eigenvalue weighted by Gasteiger charge is -2.12. The zero-order valence-electron chi connectivity index (χ0n) is 11.2. The summed E-state index contributed by atoms with van der Waals surface area (Å²) in [4.78, 5) is 2.23. The SMILES string of the molecule is COc1ccc(Cl)cc1CC(O)c1cc(C)c(C)s1. The summed E-state index contributed by atoms with van der Waals surface area (Å²) in [5.41, 5.74) is 2.14. The predicted molar refractivity (Wildman–Crippen MR) is 80.5 cm³/mol. The Kier molecular flexibility index (Phi) is 4.50. The Morgan fingerprint density at radius 3 is 2.63 bits per heavy atom. The molecule has 0 aliphatic heterocycles. The molecule has 0 aliphatic carbocycles. The lowest BCUT2D eigenvalue weighted by Crippen LogP contribution is -2.01. The van der Waals surface area contributed by atoms with Crippen molar-refractivity contribution in [2.75, 3.05) is 7.11 Å². The van der Waals surface area contributed by atoms with Crippen molar-refractivity contribution >= 4 is 22.9 Å². The van der Waals surface area contributed by atoms with Crippen LogP contribution in [0.4, 0.5) is 0 Å². The van der Waals surface area contributed by atoms with E-state index in [9.17, 15) is 5.11 Å². The highest BCUT2D eigenvalue weighted by Crippen LogP contribution is 2.31. The number of halogens is 1. The zero-order valence-corrected chi connectivity index (χ0v) is 12.8. The van der Waals surface area contributed by atoms with Crippen molar-refractivity contribution in [3.05, 3.63) is 50.2 Å². The molecule has 1 aromatic heterocycles. The first-order chi connectivity index (χ1) is 9.01.